The van der Waals surface area contributed by atoms with Crippen LogP contribution < -0.4 is 17.0 Å². The van der Waals surface area contributed by atoms with Crippen molar-refractivity contribution in [1.82, 2.24) is 5.43 Å². The molecule has 0 bridgehead atoms. The van der Waals surface area contributed by atoms with Crippen molar-refractivity contribution >= 4 is 5.69 Å². The molecule has 1 aliphatic rings. The number of ether oxygens (including phenoxy) is 1. The van der Waals surface area contributed by atoms with Crippen LogP contribution in [0.15, 0.2) is 24.3 Å². The number of hydrazine groups is 1. The van der Waals surface area contributed by atoms with E-state index in [4.69, 9.17) is 16.3 Å². The Balaban J connectivity index is 1.83. The largest absolute Gasteiger partial charge is 0.398 e. The molecule has 0 spiro atoms. The Hall–Kier alpha value is -1.10. The van der Waals surface area contributed by atoms with Crippen LogP contribution in [0.5, 0.6) is 0 Å². The molecule has 18 heavy (non-hydrogen) atoms. The first kappa shape index (κ1) is 13.3. The minimum Gasteiger partial charge on any atom is -0.398 e. The fourth-order valence-corrected chi connectivity index (χ4v) is 2.58. The van der Waals surface area contributed by atoms with E-state index in [1.807, 2.05) is 24.3 Å². The molecule has 0 radical (unpaired) electrons. The van der Waals surface area contributed by atoms with Gasteiger partial charge in [0.05, 0.1) is 6.10 Å². The maximum Gasteiger partial charge on any atom is 0.0576 e. The Morgan fingerprint density at radius 2 is 2.22 bits per heavy atom. The van der Waals surface area contributed by atoms with Crippen LogP contribution in [0.1, 0.15) is 43.7 Å². The third kappa shape index (κ3) is 3.45. The molecule has 1 aromatic rings. The molecule has 5 N–H and O–H groups in total. The number of para-hydroxylation sites is 1. The van der Waals surface area contributed by atoms with E-state index in [1.54, 1.807) is 0 Å². The van der Waals surface area contributed by atoms with E-state index in [0.29, 0.717) is 6.10 Å². The van der Waals surface area contributed by atoms with E-state index in [-0.39, 0.29) is 6.04 Å². The van der Waals surface area contributed by atoms with Gasteiger partial charge in [-0.25, -0.2) is 0 Å². The summed E-state index contributed by atoms with van der Waals surface area (Å²) in [6.45, 7) is 0.925. The number of rotatable bonds is 6. The molecule has 1 aromatic carbocycles. The van der Waals surface area contributed by atoms with Gasteiger partial charge in [-0.15, -0.1) is 0 Å². The number of nitrogens with one attached hydrogen (secondary N) is 1. The topological polar surface area (TPSA) is 73.3 Å². The van der Waals surface area contributed by atoms with Crippen molar-refractivity contribution in [3.8, 4) is 0 Å². The van der Waals surface area contributed by atoms with E-state index in [9.17, 15) is 0 Å². The SMILES string of the molecule is NNC(CCCC1CCCO1)c1ccccc1N. The second kappa shape index (κ2) is 6.73. The second-order valence-electron chi connectivity index (χ2n) is 4.91. The van der Waals surface area contributed by atoms with E-state index in [1.165, 1.54) is 12.8 Å². The summed E-state index contributed by atoms with van der Waals surface area (Å²) < 4.78 is 5.62. The third-order valence-corrected chi connectivity index (χ3v) is 3.62. The van der Waals surface area contributed by atoms with Crippen molar-refractivity contribution in [1.29, 1.82) is 0 Å². The monoisotopic (exact) mass is 249 g/mol. The average Bonchev–Trinajstić information content (AvgIpc) is 2.89. The molecule has 100 valence electrons. The van der Waals surface area contributed by atoms with Gasteiger partial charge in [-0.1, -0.05) is 18.2 Å². The summed E-state index contributed by atoms with van der Waals surface area (Å²) in [7, 11) is 0. The number of nitrogen functional groups attached to an aromatic ring is 1. The van der Waals surface area contributed by atoms with Gasteiger partial charge in [-0.3, -0.25) is 11.3 Å². The Morgan fingerprint density at radius 3 is 2.89 bits per heavy atom. The Labute approximate surface area is 109 Å². The zero-order chi connectivity index (χ0) is 12.8. The summed E-state index contributed by atoms with van der Waals surface area (Å²) in [5, 5.41) is 0. The molecule has 2 atom stereocenters. The summed E-state index contributed by atoms with van der Waals surface area (Å²) in [6, 6.07) is 8.02. The van der Waals surface area contributed by atoms with Crippen LogP contribution in [0, 0.1) is 0 Å². The number of hydrogen-bond acceptors (Lipinski definition) is 4. The van der Waals surface area contributed by atoms with Crippen LogP contribution in [0.2, 0.25) is 0 Å². The molecule has 0 aliphatic carbocycles. The molecule has 0 saturated carbocycles. The van der Waals surface area contributed by atoms with Crippen molar-refractivity contribution in [3.63, 3.8) is 0 Å². The molecular formula is C14H23N3O. The number of hydrogen-bond donors (Lipinski definition) is 3. The predicted molar refractivity (Wildman–Crippen MR) is 73.7 cm³/mol. The molecule has 1 heterocycles. The van der Waals surface area contributed by atoms with E-state index < -0.39 is 0 Å². The van der Waals surface area contributed by atoms with Gasteiger partial charge in [0.1, 0.15) is 0 Å². The van der Waals surface area contributed by atoms with Crippen LogP contribution >= 0.6 is 0 Å². The van der Waals surface area contributed by atoms with Crippen molar-refractivity contribution < 1.29 is 4.74 Å². The van der Waals surface area contributed by atoms with Gasteiger partial charge in [-0.05, 0) is 43.7 Å². The molecule has 2 rings (SSSR count). The van der Waals surface area contributed by atoms with Gasteiger partial charge in [0, 0.05) is 18.3 Å². The Bertz CT molecular complexity index is 364. The molecule has 2 unspecified atom stereocenters. The summed E-state index contributed by atoms with van der Waals surface area (Å²) in [6.07, 6.45) is 6.07. The van der Waals surface area contributed by atoms with Crippen molar-refractivity contribution in [2.45, 2.75) is 44.2 Å². The van der Waals surface area contributed by atoms with E-state index in [0.717, 1.165) is 37.1 Å². The summed E-state index contributed by atoms with van der Waals surface area (Å²) in [4.78, 5) is 0. The third-order valence-electron chi connectivity index (χ3n) is 3.62. The minimum atomic E-state index is 0.132. The van der Waals surface area contributed by atoms with Gasteiger partial charge >= 0.3 is 0 Å². The highest BCUT2D eigenvalue weighted by Gasteiger charge is 2.17. The average molecular weight is 249 g/mol. The summed E-state index contributed by atoms with van der Waals surface area (Å²) >= 11 is 0. The summed E-state index contributed by atoms with van der Waals surface area (Å²) in [5.41, 5.74) is 10.7. The van der Waals surface area contributed by atoms with Crippen LogP contribution in [0.3, 0.4) is 0 Å². The van der Waals surface area contributed by atoms with Crippen LogP contribution in [-0.2, 0) is 4.74 Å². The van der Waals surface area contributed by atoms with Gasteiger partial charge in [0.15, 0.2) is 0 Å². The molecule has 0 amide bonds. The van der Waals surface area contributed by atoms with E-state index >= 15 is 0 Å². The van der Waals surface area contributed by atoms with Crippen molar-refractivity contribution in [2.75, 3.05) is 12.3 Å². The molecule has 1 saturated heterocycles. The van der Waals surface area contributed by atoms with Crippen LogP contribution in [0.4, 0.5) is 5.69 Å². The Morgan fingerprint density at radius 1 is 1.39 bits per heavy atom. The van der Waals surface area contributed by atoms with Gasteiger partial charge in [0.2, 0.25) is 0 Å². The lowest BCUT2D eigenvalue weighted by Crippen LogP contribution is -2.28. The molecule has 1 fully saturated rings. The van der Waals surface area contributed by atoms with Gasteiger partial charge in [-0.2, -0.15) is 0 Å². The van der Waals surface area contributed by atoms with Crippen molar-refractivity contribution in [3.05, 3.63) is 29.8 Å². The molecule has 4 nitrogen and oxygen atoms in total. The lowest BCUT2D eigenvalue weighted by atomic mass is 9.98. The van der Waals surface area contributed by atoms with Crippen molar-refractivity contribution in [2.24, 2.45) is 5.84 Å². The van der Waals surface area contributed by atoms with Gasteiger partial charge in [0.25, 0.3) is 0 Å². The standard InChI is InChI=1S/C14H23N3O/c15-13-8-2-1-7-12(13)14(17-16)9-3-5-11-6-4-10-18-11/h1-2,7-8,11,14,17H,3-6,9-10,15-16H2. The molecular weight excluding hydrogens is 226 g/mol. The molecule has 4 heteroatoms. The highest BCUT2D eigenvalue weighted by atomic mass is 16.5. The maximum atomic E-state index is 5.97. The second-order valence-corrected chi connectivity index (χ2v) is 4.91. The first-order valence-electron chi connectivity index (χ1n) is 6.73. The normalized spacial score (nSPS) is 21.1. The first-order valence-corrected chi connectivity index (χ1v) is 6.73. The smallest absolute Gasteiger partial charge is 0.0576 e. The maximum absolute atomic E-state index is 5.97. The summed E-state index contributed by atoms with van der Waals surface area (Å²) in [5.74, 6) is 5.63. The quantitative estimate of drug-likeness (QED) is 0.410. The predicted octanol–water partition coefficient (Wildman–Crippen LogP) is 2.12. The Kier molecular flexibility index (Phi) is 4.99. The first-order chi connectivity index (χ1) is 8.81. The van der Waals surface area contributed by atoms with Crippen LogP contribution in [0.25, 0.3) is 0 Å². The van der Waals surface area contributed by atoms with Gasteiger partial charge < -0.3 is 10.5 Å². The zero-order valence-corrected chi connectivity index (χ0v) is 10.8. The van der Waals surface area contributed by atoms with E-state index in [2.05, 4.69) is 5.43 Å². The number of anilines is 1. The fourth-order valence-electron chi connectivity index (χ4n) is 2.58. The number of benzene rings is 1. The lowest BCUT2D eigenvalue weighted by molar-refractivity contribution is 0.101. The molecule has 1 aliphatic heterocycles. The minimum absolute atomic E-state index is 0.132. The molecule has 0 aromatic heterocycles. The lowest BCUT2D eigenvalue weighted by Gasteiger charge is -2.19. The highest BCUT2D eigenvalue weighted by molar-refractivity contribution is 5.48. The van der Waals surface area contributed by atoms with Crippen LogP contribution in [-0.4, -0.2) is 12.7 Å². The zero-order valence-electron chi connectivity index (χ0n) is 10.8. The highest BCUT2D eigenvalue weighted by Crippen LogP contribution is 2.25. The fraction of sp³-hybridized carbons (Fsp3) is 0.571. The number of nitrogens with two attached hydrogens (primary N) is 2.